The molecule has 1 amide bonds. The third-order valence-corrected chi connectivity index (χ3v) is 5.09. The Morgan fingerprint density at radius 2 is 2.21 bits per heavy atom. The number of benzene rings is 1. The molecule has 0 fully saturated rings. The molecule has 0 aliphatic heterocycles. The summed E-state index contributed by atoms with van der Waals surface area (Å²) in [6.07, 6.45) is 1.95. The molecule has 0 aliphatic rings. The second kappa shape index (κ2) is 6.78. The fourth-order valence-corrected chi connectivity index (χ4v) is 3.52. The van der Waals surface area contributed by atoms with Gasteiger partial charge in [-0.25, -0.2) is 0 Å². The lowest BCUT2D eigenvalue weighted by Crippen LogP contribution is -2.14. The summed E-state index contributed by atoms with van der Waals surface area (Å²) in [5.41, 5.74) is 6.97. The van der Waals surface area contributed by atoms with Gasteiger partial charge in [0.15, 0.2) is 8.68 Å². The maximum absolute atomic E-state index is 11.8. The van der Waals surface area contributed by atoms with Gasteiger partial charge in [-0.2, -0.15) is 0 Å². The number of rotatable bonds is 5. The maximum Gasteiger partial charge on any atom is 0.234 e. The summed E-state index contributed by atoms with van der Waals surface area (Å²) in [6, 6.07) is 7.10. The predicted molar refractivity (Wildman–Crippen MR) is 81.9 cm³/mol. The second-order valence-corrected chi connectivity index (χ2v) is 6.75. The van der Waals surface area contributed by atoms with Crippen LogP contribution in [0.4, 0.5) is 11.4 Å². The molecule has 19 heavy (non-hydrogen) atoms. The monoisotopic (exact) mass is 312 g/mol. The molecular formula is C11H12N4OS3. The zero-order valence-electron chi connectivity index (χ0n) is 10.1. The van der Waals surface area contributed by atoms with Gasteiger partial charge in [0.1, 0.15) is 0 Å². The highest BCUT2D eigenvalue weighted by Gasteiger charge is 2.08. The summed E-state index contributed by atoms with van der Waals surface area (Å²) in [5.74, 6) is 0.217. The van der Waals surface area contributed by atoms with Crippen molar-refractivity contribution in [2.24, 2.45) is 0 Å². The van der Waals surface area contributed by atoms with E-state index in [1.165, 1.54) is 23.1 Å². The van der Waals surface area contributed by atoms with Crippen LogP contribution in [0.3, 0.4) is 0 Å². The molecule has 5 nitrogen and oxygen atoms in total. The molecule has 0 saturated heterocycles. The Kier molecular flexibility index (Phi) is 5.06. The number of amides is 1. The van der Waals surface area contributed by atoms with E-state index in [2.05, 4.69) is 15.5 Å². The Balaban J connectivity index is 1.84. The zero-order valence-corrected chi connectivity index (χ0v) is 12.6. The van der Waals surface area contributed by atoms with Crippen LogP contribution >= 0.6 is 34.9 Å². The maximum atomic E-state index is 11.8. The van der Waals surface area contributed by atoms with Gasteiger partial charge in [0, 0.05) is 11.4 Å². The molecule has 1 heterocycles. The minimum atomic E-state index is -0.0866. The molecule has 0 bridgehead atoms. The summed E-state index contributed by atoms with van der Waals surface area (Å²) in [7, 11) is 0. The van der Waals surface area contributed by atoms with Gasteiger partial charge in [-0.3, -0.25) is 4.79 Å². The molecule has 1 aromatic carbocycles. The highest BCUT2D eigenvalue weighted by Crippen LogP contribution is 2.27. The van der Waals surface area contributed by atoms with E-state index < -0.39 is 0 Å². The lowest BCUT2D eigenvalue weighted by atomic mass is 10.3. The van der Waals surface area contributed by atoms with E-state index in [4.69, 9.17) is 5.73 Å². The molecule has 0 aliphatic carbocycles. The molecular weight excluding hydrogens is 300 g/mol. The van der Waals surface area contributed by atoms with Gasteiger partial charge in [-0.15, -0.1) is 10.2 Å². The van der Waals surface area contributed by atoms with Gasteiger partial charge in [0.05, 0.1) is 5.75 Å². The van der Waals surface area contributed by atoms with E-state index in [-0.39, 0.29) is 5.91 Å². The first-order valence-corrected chi connectivity index (χ1v) is 8.36. The Bertz CT molecular complexity index is 573. The van der Waals surface area contributed by atoms with E-state index >= 15 is 0 Å². The van der Waals surface area contributed by atoms with Crippen molar-refractivity contribution in [2.45, 2.75) is 8.68 Å². The van der Waals surface area contributed by atoms with Crippen molar-refractivity contribution < 1.29 is 4.79 Å². The van der Waals surface area contributed by atoms with Crippen LogP contribution in [-0.2, 0) is 4.79 Å². The third-order valence-electron chi connectivity index (χ3n) is 2.06. The first kappa shape index (κ1) is 14.2. The van der Waals surface area contributed by atoms with E-state index in [1.807, 2.05) is 6.26 Å². The summed E-state index contributed by atoms with van der Waals surface area (Å²) in [6.45, 7) is 0. The summed E-state index contributed by atoms with van der Waals surface area (Å²) >= 11 is 4.41. The van der Waals surface area contributed by atoms with Crippen LogP contribution in [0, 0.1) is 0 Å². The number of hydrogen-bond acceptors (Lipinski definition) is 7. The van der Waals surface area contributed by atoms with E-state index in [0.29, 0.717) is 17.1 Å². The number of aromatic nitrogens is 2. The Labute approximate surface area is 123 Å². The Morgan fingerprint density at radius 3 is 2.89 bits per heavy atom. The fraction of sp³-hybridized carbons (Fsp3) is 0.182. The van der Waals surface area contributed by atoms with Crippen LogP contribution in [0.25, 0.3) is 0 Å². The van der Waals surface area contributed by atoms with Crippen molar-refractivity contribution in [3.05, 3.63) is 24.3 Å². The molecule has 3 N–H and O–H groups in total. The number of nitrogen functional groups attached to an aromatic ring is 1. The summed E-state index contributed by atoms with van der Waals surface area (Å²) < 4.78 is 1.70. The second-order valence-electron chi connectivity index (χ2n) is 3.50. The number of hydrogen-bond donors (Lipinski definition) is 2. The average Bonchev–Trinajstić information content (AvgIpc) is 2.84. The number of nitrogens with two attached hydrogens (primary N) is 1. The molecule has 2 aromatic rings. The molecule has 8 heteroatoms. The molecule has 2 rings (SSSR count). The molecule has 0 atom stereocenters. The fourth-order valence-electron chi connectivity index (χ4n) is 1.28. The first-order chi connectivity index (χ1) is 9.17. The standard InChI is InChI=1S/C11H12N4OS3/c1-17-10-14-15-11(19-10)18-6-9(16)13-8-4-2-3-7(12)5-8/h2-5H,6,12H2,1H3,(H,13,16). The lowest BCUT2D eigenvalue weighted by molar-refractivity contribution is -0.113. The topological polar surface area (TPSA) is 80.9 Å². The number of carbonyl (C=O) groups is 1. The highest BCUT2D eigenvalue weighted by atomic mass is 32.2. The smallest absolute Gasteiger partial charge is 0.234 e. The van der Waals surface area contributed by atoms with Crippen LogP contribution in [0.15, 0.2) is 32.9 Å². The van der Waals surface area contributed by atoms with Gasteiger partial charge < -0.3 is 11.1 Å². The van der Waals surface area contributed by atoms with Crippen molar-refractivity contribution in [1.29, 1.82) is 0 Å². The largest absolute Gasteiger partial charge is 0.399 e. The minimum absolute atomic E-state index is 0.0866. The van der Waals surface area contributed by atoms with Crippen molar-refractivity contribution in [2.75, 3.05) is 23.1 Å². The molecule has 0 saturated carbocycles. The molecule has 1 aromatic heterocycles. The van der Waals surface area contributed by atoms with E-state index in [0.717, 1.165) is 8.68 Å². The van der Waals surface area contributed by atoms with Crippen molar-refractivity contribution >= 4 is 52.1 Å². The normalized spacial score (nSPS) is 10.4. The van der Waals surface area contributed by atoms with Crippen LogP contribution in [0.2, 0.25) is 0 Å². The van der Waals surface area contributed by atoms with Crippen molar-refractivity contribution in [1.82, 2.24) is 10.2 Å². The van der Waals surface area contributed by atoms with E-state index in [9.17, 15) is 4.79 Å². The van der Waals surface area contributed by atoms with Crippen molar-refractivity contribution in [3.8, 4) is 0 Å². The van der Waals surface area contributed by atoms with Crippen LogP contribution in [-0.4, -0.2) is 28.1 Å². The minimum Gasteiger partial charge on any atom is -0.399 e. The van der Waals surface area contributed by atoms with Gasteiger partial charge in [-0.1, -0.05) is 40.9 Å². The Morgan fingerprint density at radius 1 is 1.42 bits per heavy atom. The number of nitrogens with one attached hydrogen (secondary N) is 1. The number of anilines is 2. The summed E-state index contributed by atoms with van der Waals surface area (Å²) in [5, 5.41) is 10.7. The van der Waals surface area contributed by atoms with Crippen LogP contribution < -0.4 is 11.1 Å². The predicted octanol–water partition coefficient (Wildman–Crippen LogP) is 2.57. The van der Waals surface area contributed by atoms with Gasteiger partial charge in [-0.05, 0) is 24.5 Å². The van der Waals surface area contributed by atoms with Crippen LogP contribution in [0.1, 0.15) is 0 Å². The quantitative estimate of drug-likeness (QED) is 0.652. The third kappa shape index (κ3) is 4.41. The van der Waals surface area contributed by atoms with Gasteiger partial charge >= 0.3 is 0 Å². The number of nitrogens with zero attached hydrogens (tertiary/aromatic N) is 2. The van der Waals surface area contributed by atoms with Gasteiger partial charge in [0.25, 0.3) is 0 Å². The Hall–Kier alpha value is -1.25. The number of carbonyl (C=O) groups excluding carboxylic acids is 1. The van der Waals surface area contributed by atoms with Gasteiger partial charge in [0.2, 0.25) is 5.91 Å². The molecule has 0 radical (unpaired) electrons. The lowest BCUT2D eigenvalue weighted by Gasteiger charge is -2.04. The van der Waals surface area contributed by atoms with E-state index in [1.54, 1.807) is 36.0 Å². The van der Waals surface area contributed by atoms with Crippen molar-refractivity contribution in [3.63, 3.8) is 0 Å². The summed E-state index contributed by atoms with van der Waals surface area (Å²) in [4.78, 5) is 11.8. The SMILES string of the molecule is CSc1nnc(SCC(=O)Nc2cccc(N)c2)s1. The first-order valence-electron chi connectivity index (χ1n) is 5.33. The molecule has 100 valence electrons. The average molecular weight is 312 g/mol. The zero-order chi connectivity index (χ0) is 13.7. The molecule has 0 spiro atoms. The number of thioether (sulfide) groups is 2. The molecule has 0 unspecified atom stereocenters. The van der Waals surface area contributed by atoms with Crippen LogP contribution in [0.5, 0.6) is 0 Å². The highest BCUT2D eigenvalue weighted by molar-refractivity contribution is 8.03.